The SMILES string of the molecule is CCC(CC)C(N)c1ccc(SC)cc1. The van der Waals surface area contributed by atoms with Gasteiger partial charge in [0.25, 0.3) is 0 Å². The summed E-state index contributed by atoms with van der Waals surface area (Å²) in [4.78, 5) is 1.30. The quantitative estimate of drug-likeness (QED) is 0.767. The Morgan fingerprint density at radius 2 is 1.67 bits per heavy atom. The second-order valence-electron chi connectivity index (χ2n) is 3.88. The largest absolute Gasteiger partial charge is 0.324 e. The van der Waals surface area contributed by atoms with Crippen LogP contribution < -0.4 is 5.73 Å². The van der Waals surface area contributed by atoms with Crippen LogP contribution in [0.1, 0.15) is 38.3 Å². The van der Waals surface area contributed by atoms with Crippen LogP contribution in [0.3, 0.4) is 0 Å². The Labute approximate surface area is 97.4 Å². The molecule has 0 aliphatic rings. The van der Waals surface area contributed by atoms with Crippen molar-refractivity contribution in [3.05, 3.63) is 29.8 Å². The van der Waals surface area contributed by atoms with Crippen LogP contribution in [0.15, 0.2) is 29.2 Å². The summed E-state index contributed by atoms with van der Waals surface area (Å²) in [6, 6.07) is 8.82. The maximum atomic E-state index is 6.25. The van der Waals surface area contributed by atoms with Gasteiger partial charge in [-0.05, 0) is 29.9 Å². The summed E-state index contributed by atoms with van der Waals surface area (Å²) in [5, 5.41) is 0. The Balaban J connectivity index is 2.76. The second-order valence-corrected chi connectivity index (χ2v) is 4.76. The Bertz CT molecular complexity index is 277. The normalized spacial score (nSPS) is 13.1. The fraction of sp³-hybridized carbons (Fsp3) is 0.538. The van der Waals surface area contributed by atoms with Crippen LogP contribution in [0.25, 0.3) is 0 Å². The minimum absolute atomic E-state index is 0.191. The average Bonchev–Trinajstić information content (AvgIpc) is 2.30. The summed E-state index contributed by atoms with van der Waals surface area (Å²) in [5.74, 6) is 0.602. The van der Waals surface area contributed by atoms with Crippen LogP contribution >= 0.6 is 11.8 Å². The smallest absolute Gasteiger partial charge is 0.0323 e. The van der Waals surface area contributed by atoms with Gasteiger partial charge in [-0.25, -0.2) is 0 Å². The molecule has 84 valence electrons. The van der Waals surface area contributed by atoms with Crippen LogP contribution in [-0.2, 0) is 0 Å². The van der Waals surface area contributed by atoms with Crippen molar-refractivity contribution in [1.29, 1.82) is 0 Å². The molecule has 0 fully saturated rings. The zero-order valence-electron chi connectivity index (χ0n) is 9.86. The van der Waals surface area contributed by atoms with Crippen LogP contribution in [0.4, 0.5) is 0 Å². The highest BCUT2D eigenvalue weighted by atomic mass is 32.2. The van der Waals surface area contributed by atoms with E-state index >= 15 is 0 Å². The average molecular weight is 223 g/mol. The van der Waals surface area contributed by atoms with Gasteiger partial charge < -0.3 is 5.73 Å². The molecular weight excluding hydrogens is 202 g/mol. The fourth-order valence-electron chi connectivity index (χ4n) is 1.89. The van der Waals surface area contributed by atoms with Gasteiger partial charge in [0, 0.05) is 10.9 Å². The van der Waals surface area contributed by atoms with E-state index in [-0.39, 0.29) is 6.04 Å². The molecule has 0 radical (unpaired) electrons. The maximum absolute atomic E-state index is 6.25. The lowest BCUT2D eigenvalue weighted by atomic mass is 9.90. The number of thioether (sulfide) groups is 1. The predicted octanol–water partition coefficient (Wildman–Crippen LogP) is 3.84. The third kappa shape index (κ3) is 3.25. The van der Waals surface area contributed by atoms with E-state index in [1.165, 1.54) is 10.5 Å². The molecule has 2 N–H and O–H groups in total. The molecule has 0 saturated carbocycles. The first kappa shape index (κ1) is 12.6. The molecule has 1 unspecified atom stereocenters. The van der Waals surface area contributed by atoms with Crippen LogP contribution in [0, 0.1) is 5.92 Å². The molecule has 0 aliphatic heterocycles. The minimum Gasteiger partial charge on any atom is -0.324 e. The van der Waals surface area contributed by atoms with Crippen LogP contribution in [0.2, 0.25) is 0 Å². The van der Waals surface area contributed by atoms with Crippen LogP contribution in [0.5, 0.6) is 0 Å². The van der Waals surface area contributed by atoms with Crippen molar-refractivity contribution < 1.29 is 0 Å². The molecule has 0 saturated heterocycles. The van der Waals surface area contributed by atoms with E-state index in [2.05, 4.69) is 44.4 Å². The zero-order chi connectivity index (χ0) is 11.3. The molecule has 0 heterocycles. The van der Waals surface area contributed by atoms with Crippen molar-refractivity contribution >= 4 is 11.8 Å². The summed E-state index contributed by atoms with van der Waals surface area (Å²) < 4.78 is 0. The van der Waals surface area contributed by atoms with Crippen LogP contribution in [-0.4, -0.2) is 6.26 Å². The molecule has 2 heteroatoms. The van der Waals surface area contributed by atoms with Gasteiger partial charge in [-0.2, -0.15) is 0 Å². The van der Waals surface area contributed by atoms with Gasteiger partial charge in [0.15, 0.2) is 0 Å². The molecule has 1 nitrogen and oxygen atoms in total. The van der Waals surface area contributed by atoms with Gasteiger partial charge in [0.2, 0.25) is 0 Å². The third-order valence-electron chi connectivity index (χ3n) is 3.06. The van der Waals surface area contributed by atoms with Gasteiger partial charge in [-0.1, -0.05) is 38.8 Å². The first-order valence-electron chi connectivity index (χ1n) is 5.62. The molecule has 0 aromatic heterocycles. The molecular formula is C13H21NS. The molecule has 0 bridgehead atoms. The number of rotatable bonds is 5. The lowest BCUT2D eigenvalue weighted by Crippen LogP contribution is -2.20. The van der Waals surface area contributed by atoms with E-state index in [1.54, 1.807) is 11.8 Å². The molecule has 0 spiro atoms. The fourth-order valence-corrected chi connectivity index (χ4v) is 2.30. The van der Waals surface area contributed by atoms with Crippen molar-refractivity contribution in [2.45, 2.75) is 37.6 Å². The third-order valence-corrected chi connectivity index (χ3v) is 3.80. The Kier molecular flexibility index (Phi) is 5.20. The van der Waals surface area contributed by atoms with E-state index in [9.17, 15) is 0 Å². The highest BCUT2D eigenvalue weighted by Crippen LogP contribution is 2.26. The lowest BCUT2D eigenvalue weighted by Gasteiger charge is -2.21. The van der Waals surface area contributed by atoms with Crippen molar-refractivity contribution in [3.63, 3.8) is 0 Å². The molecule has 15 heavy (non-hydrogen) atoms. The highest BCUT2D eigenvalue weighted by molar-refractivity contribution is 7.98. The number of hydrogen-bond donors (Lipinski definition) is 1. The maximum Gasteiger partial charge on any atom is 0.0323 e. The van der Waals surface area contributed by atoms with Gasteiger partial charge in [-0.3, -0.25) is 0 Å². The number of hydrogen-bond acceptors (Lipinski definition) is 2. The molecule has 1 rings (SSSR count). The Morgan fingerprint density at radius 1 is 1.13 bits per heavy atom. The first-order chi connectivity index (χ1) is 7.22. The number of nitrogens with two attached hydrogens (primary N) is 1. The van der Waals surface area contributed by atoms with Gasteiger partial charge >= 0.3 is 0 Å². The molecule has 0 aliphatic carbocycles. The molecule has 1 atom stereocenters. The standard InChI is InChI=1S/C13H21NS/c1-4-10(5-2)13(14)11-6-8-12(15-3)9-7-11/h6-10,13H,4-5,14H2,1-3H3. The van der Waals surface area contributed by atoms with Crippen molar-refractivity contribution in [1.82, 2.24) is 0 Å². The van der Waals surface area contributed by atoms with E-state index in [4.69, 9.17) is 5.73 Å². The molecule has 0 amide bonds. The van der Waals surface area contributed by atoms with Crippen molar-refractivity contribution in [2.24, 2.45) is 11.7 Å². The Morgan fingerprint density at radius 3 is 2.07 bits per heavy atom. The summed E-state index contributed by atoms with van der Waals surface area (Å²) >= 11 is 1.77. The molecule has 1 aromatic rings. The van der Waals surface area contributed by atoms with E-state index in [1.807, 2.05) is 0 Å². The van der Waals surface area contributed by atoms with Gasteiger partial charge in [0.1, 0.15) is 0 Å². The monoisotopic (exact) mass is 223 g/mol. The van der Waals surface area contributed by atoms with Gasteiger partial charge in [-0.15, -0.1) is 11.8 Å². The number of benzene rings is 1. The summed E-state index contributed by atoms with van der Waals surface area (Å²) in [7, 11) is 0. The first-order valence-corrected chi connectivity index (χ1v) is 6.84. The molecule has 1 aromatic carbocycles. The summed E-state index contributed by atoms with van der Waals surface area (Å²) in [6.07, 6.45) is 4.40. The zero-order valence-corrected chi connectivity index (χ0v) is 10.7. The van der Waals surface area contributed by atoms with E-state index in [0.717, 1.165) is 12.8 Å². The highest BCUT2D eigenvalue weighted by Gasteiger charge is 2.15. The predicted molar refractivity (Wildman–Crippen MR) is 69.2 cm³/mol. The summed E-state index contributed by atoms with van der Waals surface area (Å²) in [6.45, 7) is 4.43. The van der Waals surface area contributed by atoms with Gasteiger partial charge in [0.05, 0.1) is 0 Å². The van der Waals surface area contributed by atoms with E-state index < -0.39 is 0 Å². The van der Waals surface area contributed by atoms with Crippen molar-refractivity contribution in [3.8, 4) is 0 Å². The lowest BCUT2D eigenvalue weighted by molar-refractivity contribution is 0.405. The summed E-state index contributed by atoms with van der Waals surface area (Å²) in [5.41, 5.74) is 7.51. The minimum atomic E-state index is 0.191. The Hall–Kier alpha value is -0.470. The second kappa shape index (κ2) is 6.19. The van der Waals surface area contributed by atoms with E-state index in [0.29, 0.717) is 5.92 Å². The van der Waals surface area contributed by atoms with Crippen molar-refractivity contribution in [2.75, 3.05) is 6.26 Å². The topological polar surface area (TPSA) is 26.0 Å².